The Morgan fingerprint density at radius 1 is 0.971 bits per heavy atom. The standard InChI is InChI=1S/C27H33N5O2/c1-17(2)24(30-26(33)27(3,4)5)25-28-15-22(29-25)20-11-7-18(8-12-20)19-9-13-21(14-10-19)23-16-32(6)34-31-23/h7-17,24,31H,1-6H3,(H,28,29)(H,30,33). The first-order valence-electron chi connectivity index (χ1n) is 11.6. The van der Waals surface area contributed by atoms with Crippen LogP contribution in [0.3, 0.4) is 0 Å². The Labute approximate surface area is 201 Å². The zero-order valence-electron chi connectivity index (χ0n) is 20.6. The number of H-pyrrole nitrogens is 1. The van der Waals surface area contributed by atoms with Gasteiger partial charge in [0, 0.05) is 18.0 Å². The number of amides is 1. The lowest BCUT2D eigenvalue weighted by atomic mass is 9.94. The minimum Gasteiger partial charge on any atom is -0.345 e. The molecule has 0 radical (unpaired) electrons. The van der Waals surface area contributed by atoms with Crippen molar-refractivity contribution >= 4 is 11.6 Å². The van der Waals surface area contributed by atoms with Gasteiger partial charge in [-0.05, 0) is 22.6 Å². The fourth-order valence-electron chi connectivity index (χ4n) is 3.72. The fourth-order valence-corrected chi connectivity index (χ4v) is 3.72. The van der Waals surface area contributed by atoms with E-state index in [9.17, 15) is 4.79 Å². The van der Waals surface area contributed by atoms with Crippen LogP contribution in [-0.2, 0) is 9.73 Å². The first kappa shape index (κ1) is 23.6. The van der Waals surface area contributed by atoms with Gasteiger partial charge in [-0.3, -0.25) is 4.79 Å². The molecule has 1 aliphatic rings. The second-order valence-corrected chi connectivity index (χ2v) is 10.1. The molecule has 0 saturated heterocycles. The lowest BCUT2D eigenvalue weighted by Gasteiger charge is -2.25. The van der Waals surface area contributed by atoms with Gasteiger partial charge >= 0.3 is 0 Å². The van der Waals surface area contributed by atoms with Crippen molar-refractivity contribution in [2.45, 2.75) is 40.7 Å². The predicted molar refractivity (Wildman–Crippen MR) is 135 cm³/mol. The predicted octanol–water partition coefficient (Wildman–Crippen LogP) is 5.28. The summed E-state index contributed by atoms with van der Waals surface area (Å²) in [5.74, 6) is 0.989. The topological polar surface area (TPSA) is 82.3 Å². The monoisotopic (exact) mass is 459 g/mol. The minimum atomic E-state index is -0.453. The third-order valence-electron chi connectivity index (χ3n) is 5.86. The number of aromatic nitrogens is 2. The lowest BCUT2D eigenvalue weighted by molar-refractivity contribution is -0.129. The van der Waals surface area contributed by atoms with E-state index in [-0.39, 0.29) is 17.9 Å². The summed E-state index contributed by atoms with van der Waals surface area (Å²) in [7, 11) is 1.84. The summed E-state index contributed by atoms with van der Waals surface area (Å²) in [5.41, 5.74) is 8.68. The summed E-state index contributed by atoms with van der Waals surface area (Å²) >= 11 is 0. The molecule has 1 aliphatic heterocycles. The van der Waals surface area contributed by atoms with Crippen LogP contribution in [0.5, 0.6) is 0 Å². The first-order valence-corrected chi connectivity index (χ1v) is 11.6. The van der Waals surface area contributed by atoms with E-state index in [2.05, 4.69) is 83.1 Å². The SMILES string of the molecule is CC(C)C(NC(=O)C(C)(C)C)c1ncc(-c2ccc(-c3ccc(C4=CN(C)ON4)cc3)cc2)[nH]1. The van der Waals surface area contributed by atoms with Gasteiger partial charge in [0.15, 0.2) is 0 Å². The van der Waals surface area contributed by atoms with Gasteiger partial charge in [0.2, 0.25) is 5.91 Å². The number of hydrogen-bond donors (Lipinski definition) is 3. The van der Waals surface area contributed by atoms with Crippen molar-refractivity contribution in [1.29, 1.82) is 0 Å². The maximum absolute atomic E-state index is 12.5. The Bertz CT molecular complexity index is 1170. The van der Waals surface area contributed by atoms with E-state index in [1.54, 1.807) is 5.06 Å². The van der Waals surface area contributed by atoms with E-state index in [1.165, 1.54) is 0 Å². The van der Waals surface area contributed by atoms with Gasteiger partial charge in [-0.1, -0.05) is 83.1 Å². The van der Waals surface area contributed by atoms with Gasteiger partial charge < -0.3 is 10.3 Å². The lowest BCUT2D eigenvalue weighted by Crippen LogP contribution is -2.39. The molecule has 2 heterocycles. The van der Waals surface area contributed by atoms with Gasteiger partial charge in [-0.2, -0.15) is 4.94 Å². The Morgan fingerprint density at radius 2 is 1.53 bits per heavy atom. The smallest absolute Gasteiger partial charge is 0.225 e. The van der Waals surface area contributed by atoms with Gasteiger partial charge in [0.25, 0.3) is 0 Å². The summed E-state index contributed by atoms with van der Waals surface area (Å²) < 4.78 is 0. The average molecular weight is 460 g/mol. The zero-order valence-corrected chi connectivity index (χ0v) is 20.6. The molecule has 0 bridgehead atoms. The van der Waals surface area contributed by atoms with Crippen LogP contribution < -0.4 is 10.8 Å². The van der Waals surface area contributed by atoms with Gasteiger partial charge in [0.05, 0.1) is 29.8 Å². The van der Waals surface area contributed by atoms with E-state index in [1.807, 2.05) is 40.2 Å². The number of rotatable bonds is 6. The van der Waals surface area contributed by atoms with Crippen molar-refractivity contribution in [3.8, 4) is 22.4 Å². The number of aromatic amines is 1. The number of hydroxylamine groups is 3. The molecular weight excluding hydrogens is 426 g/mol. The molecule has 3 aromatic rings. The minimum absolute atomic E-state index is 0.0130. The van der Waals surface area contributed by atoms with Gasteiger partial charge in [0.1, 0.15) is 5.82 Å². The van der Waals surface area contributed by atoms with Crippen LogP contribution in [0.1, 0.15) is 52.0 Å². The third kappa shape index (κ3) is 5.15. The van der Waals surface area contributed by atoms with E-state index < -0.39 is 5.41 Å². The molecule has 7 nitrogen and oxygen atoms in total. The van der Waals surface area contributed by atoms with Gasteiger partial charge in [-0.15, -0.1) is 0 Å². The summed E-state index contributed by atoms with van der Waals surface area (Å²) in [5, 5.41) is 4.77. The molecule has 34 heavy (non-hydrogen) atoms. The van der Waals surface area contributed by atoms with Crippen LogP contribution >= 0.6 is 0 Å². The number of hydrogen-bond acceptors (Lipinski definition) is 5. The van der Waals surface area contributed by atoms with Crippen molar-refractivity contribution in [2.24, 2.45) is 11.3 Å². The molecule has 3 N–H and O–H groups in total. The summed E-state index contributed by atoms with van der Waals surface area (Å²) in [6, 6.07) is 16.6. The van der Waals surface area contributed by atoms with Crippen molar-refractivity contribution in [2.75, 3.05) is 7.05 Å². The number of carbonyl (C=O) groups is 1. The molecule has 4 rings (SSSR count). The van der Waals surface area contributed by atoms with Crippen LogP contribution in [-0.4, -0.2) is 28.0 Å². The highest BCUT2D eigenvalue weighted by Gasteiger charge is 2.27. The molecular formula is C27H33N5O2. The number of nitrogens with one attached hydrogen (secondary N) is 3. The van der Waals surface area contributed by atoms with Crippen LogP contribution in [0.4, 0.5) is 0 Å². The second-order valence-electron chi connectivity index (χ2n) is 10.1. The highest BCUT2D eigenvalue weighted by molar-refractivity contribution is 5.81. The number of carbonyl (C=O) groups excluding carboxylic acids is 1. The quantitative estimate of drug-likeness (QED) is 0.467. The van der Waals surface area contributed by atoms with Crippen LogP contribution in [0.25, 0.3) is 28.1 Å². The molecule has 2 aromatic carbocycles. The van der Waals surface area contributed by atoms with E-state index in [4.69, 9.17) is 4.94 Å². The van der Waals surface area contributed by atoms with Crippen LogP contribution in [0, 0.1) is 11.3 Å². The molecule has 178 valence electrons. The van der Waals surface area contributed by atoms with Crippen LogP contribution in [0.2, 0.25) is 0 Å². The third-order valence-corrected chi connectivity index (χ3v) is 5.86. The van der Waals surface area contributed by atoms with E-state index >= 15 is 0 Å². The normalized spacial score (nSPS) is 14.7. The number of nitrogens with zero attached hydrogens (tertiary/aromatic N) is 2. The number of benzene rings is 2. The van der Waals surface area contributed by atoms with Gasteiger partial charge in [-0.25, -0.2) is 15.5 Å². The maximum Gasteiger partial charge on any atom is 0.225 e. The van der Waals surface area contributed by atoms with Crippen molar-refractivity contribution in [3.05, 3.63) is 72.3 Å². The molecule has 1 aromatic heterocycles. The van der Waals surface area contributed by atoms with E-state index in [0.717, 1.165) is 39.5 Å². The molecule has 1 unspecified atom stereocenters. The van der Waals surface area contributed by atoms with Crippen molar-refractivity contribution < 1.29 is 9.73 Å². The zero-order chi connectivity index (χ0) is 24.5. The first-order chi connectivity index (χ1) is 16.1. The molecule has 1 atom stereocenters. The van der Waals surface area contributed by atoms with Crippen molar-refractivity contribution in [3.63, 3.8) is 0 Å². The summed E-state index contributed by atoms with van der Waals surface area (Å²) in [6.45, 7) is 9.91. The Balaban J connectivity index is 1.49. The molecule has 0 saturated carbocycles. The molecule has 7 heteroatoms. The molecule has 0 aliphatic carbocycles. The average Bonchev–Trinajstić information content (AvgIpc) is 3.46. The number of imidazole rings is 1. The van der Waals surface area contributed by atoms with E-state index in [0.29, 0.717) is 0 Å². The molecule has 0 fully saturated rings. The maximum atomic E-state index is 12.5. The Morgan fingerprint density at radius 3 is 2.03 bits per heavy atom. The molecule has 1 amide bonds. The Kier molecular flexibility index (Phi) is 6.48. The summed E-state index contributed by atoms with van der Waals surface area (Å²) in [4.78, 5) is 25.8. The second kappa shape index (κ2) is 9.35. The molecule has 0 spiro atoms. The summed E-state index contributed by atoms with van der Waals surface area (Å²) in [6.07, 6.45) is 3.74. The Hall–Kier alpha value is -3.58. The largest absolute Gasteiger partial charge is 0.345 e. The van der Waals surface area contributed by atoms with Crippen molar-refractivity contribution in [1.82, 2.24) is 25.8 Å². The highest BCUT2D eigenvalue weighted by atomic mass is 16.8. The highest BCUT2D eigenvalue weighted by Crippen LogP contribution is 2.28. The van der Waals surface area contributed by atoms with Crippen LogP contribution in [0.15, 0.2) is 60.9 Å². The fraction of sp³-hybridized carbons (Fsp3) is 0.333.